The van der Waals surface area contributed by atoms with E-state index < -0.39 is 39.9 Å². The summed E-state index contributed by atoms with van der Waals surface area (Å²) in [6.07, 6.45) is 0.686. The summed E-state index contributed by atoms with van der Waals surface area (Å²) in [5.41, 5.74) is -2.13. The zero-order valence-electron chi connectivity index (χ0n) is 20.7. The molecule has 2 bridgehead atoms. The Morgan fingerprint density at radius 2 is 1.77 bits per heavy atom. The van der Waals surface area contributed by atoms with Crippen molar-refractivity contribution >= 4 is 0 Å². The zero-order valence-corrected chi connectivity index (χ0v) is 20.7. The summed E-state index contributed by atoms with van der Waals surface area (Å²) in [7, 11) is 1.60. The third-order valence-corrected chi connectivity index (χ3v) is 9.27. The van der Waals surface area contributed by atoms with Crippen LogP contribution in [-0.2, 0) is 15.9 Å². The number of methoxy groups -OCH3 is 1. The van der Waals surface area contributed by atoms with Crippen LogP contribution >= 0.6 is 0 Å². The molecule has 6 rings (SSSR count). The Labute approximate surface area is 203 Å². The van der Waals surface area contributed by atoms with Crippen molar-refractivity contribution in [3.05, 3.63) is 46.3 Å². The summed E-state index contributed by atoms with van der Waals surface area (Å²) in [6, 6.07) is 9.10. The Morgan fingerprint density at radius 1 is 1.06 bits per heavy atom. The molecule has 0 radical (unpaired) electrons. The Balaban J connectivity index is 1.43. The van der Waals surface area contributed by atoms with Crippen molar-refractivity contribution in [3.8, 4) is 22.8 Å². The Bertz CT molecular complexity index is 1250. The van der Waals surface area contributed by atoms with Gasteiger partial charge in [-0.2, -0.15) is 0 Å². The fourth-order valence-corrected chi connectivity index (χ4v) is 7.50. The van der Waals surface area contributed by atoms with Crippen LogP contribution in [0.5, 0.6) is 11.5 Å². The maximum absolute atomic E-state index is 13.2. The van der Waals surface area contributed by atoms with Crippen LogP contribution in [0.15, 0.2) is 39.5 Å². The highest BCUT2D eigenvalue weighted by atomic mass is 16.9. The van der Waals surface area contributed by atoms with E-state index in [1.54, 1.807) is 13.2 Å². The van der Waals surface area contributed by atoms with E-state index in [0.717, 1.165) is 5.56 Å². The molecule has 3 aliphatic heterocycles. The number of aliphatic hydroxyl groups excluding tert-OH is 1. The highest BCUT2D eigenvalue weighted by molar-refractivity contribution is 5.61. The highest BCUT2D eigenvalue weighted by Crippen LogP contribution is 2.69. The molecule has 35 heavy (non-hydrogen) atoms. The molecule has 3 fully saturated rings. The summed E-state index contributed by atoms with van der Waals surface area (Å²) in [4.78, 5) is 13.2. The van der Waals surface area contributed by atoms with Gasteiger partial charge in [-0.3, -0.25) is 0 Å². The Kier molecular flexibility index (Phi) is 4.53. The number of benzene rings is 1. The van der Waals surface area contributed by atoms with E-state index in [-0.39, 0.29) is 12.3 Å². The summed E-state index contributed by atoms with van der Waals surface area (Å²) in [5.74, 6) is -0.528. The molecule has 1 aromatic heterocycles. The van der Waals surface area contributed by atoms with Gasteiger partial charge in [0.15, 0.2) is 0 Å². The van der Waals surface area contributed by atoms with Crippen LogP contribution in [0.2, 0.25) is 0 Å². The molecular formula is C27H32O8. The Morgan fingerprint density at radius 3 is 2.46 bits per heavy atom. The average molecular weight is 485 g/mol. The van der Waals surface area contributed by atoms with E-state index in [4.69, 9.17) is 23.4 Å². The van der Waals surface area contributed by atoms with Gasteiger partial charge in [-0.25, -0.2) is 4.79 Å². The number of fused-ring (bicyclic) bond motifs is 4. The van der Waals surface area contributed by atoms with Crippen LogP contribution in [0, 0.1) is 11.3 Å². The molecule has 188 valence electrons. The predicted molar refractivity (Wildman–Crippen MR) is 125 cm³/mol. The first-order chi connectivity index (χ1) is 16.4. The van der Waals surface area contributed by atoms with Crippen molar-refractivity contribution in [2.24, 2.45) is 11.3 Å². The fraction of sp³-hybridized carbons (Fsp3) is 0.593. The lowest BCUT2D eigenvalue weighted by atomic mass is 9.46. The summed E-state index contributed by atoms with van der Waals surface area (Å²) < 4.78 is 29.8. The van der Waals surface area contributed by atoms with Crippen molar-refractivity contribution in [1.29, 1.82) is 0 Å². The summed E-state index contributed by atoms with van der Waals surface area (Å²) in [6.45, 7) is 7.93. The van der Waals surface area contributed by atoms with Gasteiger partial charge in [0.25, 0.3) is 0 Å². The minimum Gasteiger partial charge on any atom is -0.497 e. The second kappa shape index (κ2) is 6.88. The molecule has 1 aliphatic carbocycles. The van der Waals surface area contributed by atoms with Crippen LogP contribution < -0.4 is 15.1 Å². The summed E-state index contributed by atoms with van der Waals surface area (Å²) >= 11 is 0. The molecule has 4 heterocycles. The largest absolute Gasteiger partial charge is 0.497 e. The van der Waals surface area contributed by atoms with Crippen LogP contribution in [0.3, 0.4) is 0 Å². The standard InChI is InChI=1S/C27H32O8/c1-23(2)26-11-10-25(4)20(24(26,3)14-21(28)27(30,34-23)35-26)12-17-19(33-25)13-18(32-22(17)29)15-6-8-16(31-5)9-7-15/h6-9,13,20-21,28,30H,10-12,14H2,1-5H3/t20-,21-,24-,25-,26-,27+/m1/s1. The molecule has 2 aromatic rings. The smallest absolute Gasteiger partial charge is 0.343 e. The maximum atomic E-state index is 13.2. The monoisotopic (exact) mass is 484 g/mol. The average Bonchev–Trinajstić information content (AvgIpc) is 3.00. The molecule has 8 heteroatoms. The molecular weight excluding hydrogens is 452 g/mol. The number of aliphatic hydroxyl groups is 2. The first-order valence-electron chi connectivity index (χ1n) is 12.2. The Hall–Kier alpha value is -2.39. The zero-order chi connectivity index (χ0) is 25.0. The molecule has 6 atom stereocenters. The second-order valence-electron chi connectivity index (χ2n) is 11.5. The van der Waals surface area contributed by atoms with Gasteiger partial charge >= 0.3 is 11.6 Å². The molecule has 2 saturated heterocycles. The van der Waals surface area contributed by atoms with Gasteiger partial charge in [-0.1, -0.05) is 6.92 Å². The molecule has 0 amide bonds. The van der Waals surface area contributed by atoms with Gasteiger partial charge in [-0.05, 0) is 70.7 Å². The highest BCUT2D eigenvalue weighted by Gasteiger charge is 2.79. The molecule has 1 aromatic carbocycles. The van der Waals surface area contributed by atoms with Crippen molar-refractivity contribution < 1.29 is 33.6 Å². The van der Waals surface area contributed by atoms with E-state index >= 15 is 0 Å². The number of hydrogen-bond acceptors (Lipinski definition) is 8. The van der Waals surface area contributed by atoms with Crippen molar-refractivity contribution in [1.82, 2.24) is 0 Å². The third-order valence-electron chi connectivity index (χ3n) is 9.27. The van der Waals surface area contributed by atoms with Crippen LogP contribution in [0.25, 0.3) is 11.3 Å². The molecule has 4 aliphatic rings. The topological polar surface area (TPSA) is 108 Å². The predicted octanol–water partition coefficient (Wildman–Crippen LogP) is 3.40. The number of ether oxygens (including phenoxy) is 4. The van der Waals surface area contributed by atoms with Gasteiger partial charge in [0.2, 0.25) is 0 Å². The maximum Gasteiger partial charge on any atom is 0.343 e. The molecule has 2 N–H and O–H groups in total. The van der Waals surface area contributed by atoms with Crippen molar-refractivity contribution in [2.75, 3.05) is 7.11 Å². The summed E-state index contributed by atoms with van der Waals surface area (Å²) in [5, 5.41) is 21.8. The van der Waals surface area contributed by atoms with E-state index in [1.807, 2.05) is 38.1 Å². The van der Waals surface area contributed by atoms with Crippen molar-refractivity contribution in [2.45, 2.75) is 82.3 Å². The van der Waals surface area contributed by atoms with Crippen LogP contribution in [0.1, 0.15) is 52.5 Å². The lowest BCUT2D eigenvalue weighted by molar-refractivity contribution is -0.406. The lowest BCUT2D eigenvalue weighted by Gasteiger charge is -2.65. The quantitative estimate of drug-likeness (QED) is 0.668. The normalized spacial score (nSPS) is 40.8. The minimum atomic E-state index is -2.03. The van der Waals surface area contributed by atoms with Crippen LogP contribution in [0.4, 0.5) is 0 Å². The number of rotatable bonds is 2. The first-order valence-corrected chi connectivity index (χ1v) is 12.2. The van der Waals surface area contributed by atoms with Gasteiger partial charge in [0.05, 0.1) is 18.3 Å². The van der Waals surface area contributed by atoms with Gasteiger partial charge < -0.3 is 33.6 Å². The molecule has 8 nitrogen and oxygen atoms in total. The molecule has 1 saturated carbocycles. The SMILES string of the molecule is COc1ccc(-c2cc3c(c(=O)o2)C[C@H]2[C@@](C)(CC[C@@]45O[C@@](O)(OC4(C)C)[C@H](O)C[C@]25C)O3)cc1. The second-order valence-corrected chi connectivity index (χ2v) is 11.5. The molecule has 1 spiro atoms. The van der Waals surface area contributed by atoms with Crippen LogP contribution in [-0.4, -0.2) is 46.2 Å². The van der Waals surface area contributed by atoms with E-state index in [2.05, 4.69) is 13.8 Å². The molecule has 0 unspecified atom stereocenters. The van der Waals surface area contributed by atoms with E-state index in [9.17, 15) is 15.0 Å². The lowest BCUT2D eigenvalue weighted by Crippen LogP contribution is -2.73. The number of hydrogen-bond donors (Lipinski definition) is 2. The first kappa shape index (κ1) is 23.0. The van der Waals surface area contributed by atoms with Crippen molar-refractivity contribution in [3.63, 3.8) is 0 Å². The van der Waals surface area contributed by atoms with E-state index in [1.165, 1.54) is 0 Å². The van der Waals surface area contributed by atoms with Gasteiger partial charge in [0.1, 0.15) is 34.6 Å². The van der Waals surface area contributed by atoms with Gasteiger partial charge in [-0.15, -0.1) is 0 Å². The minimum absolute atomic E-state index is 0.175. The van der Waals surface area contributed by atoms with E-state index in [0.29, 0.717) is 42.1 Å². The van der Waals surface area contributed by atoms with Gasteiger partial charge in [0, 0.05) is 23.0 Å². The third kappa shape index (κ3) is 2.85. The fourth-order valence-electron chi connectivity index (χ4n) is 7.50.